The predicted octanol–water partition coefficient (Wildman–Crippen LogP) is 1.39. The van der Waals surface area contributed by atoms with Crippen LogP contribution in [-0.4, -0.2) is 24.5 Å². The molecule has 0 unspecified atom stereocenters. The number of barbiturate groups is 1. The lowest BCUT2D eigenvalue weighted by molar-refractivity contribution is -0.143. The second-order valence-electron chi connectivity index (χ2n) is 5.24. The van der Waals surface area contributed by atoms with Gasteiger partial charge in [0.15, 0.2) is 0 Å². The maximum absolute atomic E-state index is 11.9. The van der Waals surface area contributed by atoms with Crippen LogP contribution in [0.1, 0.15) is 25.8 Å². The van der Waals surface area contributed by atoms with Crippen molar-refractivity contribution in [2.45, 2.75) is 26.7 Å². The van der Waals surface area contributed by atoms with Crippen LogP contribution in [0.3, 0.4) is 0 Å². The van der Waals surface area contributed by atoms with Gasteiger partial charge in [0.1, 0.15) is 11.2 Å². The summed E-state index contributed by atoms with van der Waals surface area (Å²) in [6.45, 7) is 4.19. The first-order chi connectivity index (χ1) is 9.95. The monoisotopic (exact) mass is 290 g/mol. The Balaban J connectivity index is 2.11. The maximum atomic E-state index is 11.9. The lowest BCUT2D eigenvalue weighted by Gasteiger charge is -2.30. The van der Waals surface area contributed by atoms with Crippen molar-refractivity contribution < 1.29 is 19.1 Å². The Labute approximate surface area is 122 Å². The third-order valence-electron chi connectivity index (χ3n) is 3.41. The van der Waals surface area contributed by atoms with Crippen LogP contribution >= 0.6 is 0 Å². The zero-order valence-corrected chi connectivity index (χ0v) is 12.1. The average molecular weight is 290 g/mol. The summed E-state index contributed by atoms with van der Waals surface area (Å²) in [5.74, 6) is -0.413. The second-order valence-corrected chi connectivity index (χ2v) is 5.24. The fraction of sp³-hybridized carbons (Fsp3) is 0.400. The molecule has 1 aliphatic rings. The van der Waals surface area contributed by atoms with E-state index in [-0.39, 0.29) is 6.42 Å². The van der Waals surface area contributed by atoms with Crippen LogP contribution in [0.5, 0.6) is 5.75 Å². The SMILES string of the molecule is CCCOc1ccc(CC2(C)C(=O)NC(=O)NC2=O)cc1. The van der Waals surface area contributed by atoms with E-state index in [1.807, 2.05) is 19.1 Å². The summed E-state index contributed by atoms with van der Waals surface area (Å²) >= 11 is 0. The largest absolute Gasteiger partial charge is 0.494 e. The summed E-state index contributed by atoms with van der Waals surface area (Å²) in [4.78, 5) is 35.0. The molecule has 1 aromatic rings. The van der Waals surface area contributed by atoms with E-state index in [0.717, 1.165) is 17.7 Å². The van der Waals surface area contributed by atoms with Crippen LogP contribution in [-0.2, 0) is 16.0 Å². The van der Waals surface area contributed by atoms with Crippen molar-refractivity contribution >= 4 is 17.8 Å². The molecule has 21 heavy (non-hydrogen) atoms. The number of nitrogens with one attached hydrogen (secondary N) is 2. The summed E-state index contributed by atoms with van der Waals surface area (Å²) in [7, 11) is 0. The highest BCUT2D eigenvalue weighted by Gasteiger charge is 2.46. The summed E-state index contributed by atoms with van der Waals surface area (Å²) < 4.78 is 5.48. The van der Waals surface area contributed by atoms with Gasteiger partial charge in [-0.05, 0) is 37.5 Å². The maximum Gasteiger partial charge on any atom is 0.328 e. The van der Waals surface area contributed by atoms with Crippen LogP contribution in [0.4, 0.5) is 4.79 Å². The Kier molecular flexibility index (Phi) is 4.26. The van der Waals surface area contributed by atoms with Crippen LogP contribution in [0, 0.1) is 5.41 Å². The van der Waals surface area contributed by atoms with Gasteiger partial charge in [0, 0.05) is 0 Å². The number of amides is 4. The molecule has 0 spiro atoms. The number of carbonyl (C=O) groups is 3. The van der Waals surface area contributed by atoms with Crippen molar-refractivity contribution in [3.63, 3.8) is 0 Å². The summed E-state index contributed by atoms with van der Waals surface area (Å²) in [5.41, 5.74) is -0.472. The molecule has 0 radical (unpaired) electrons. The summed E-state index contributed by atoms with van der Waals surface area (Å²) in [5, 5.41) is 4.25. The highest BCUT2D eigenvalue weighted by molar-refractivity contribution is 6.19. The summed E-state index contributed by atoms with van der Waals surface area (Å²) in [6.07, 6.45) is 1.14. The molecule has 0 bridgehead atoms. The van der Waals surface area contributed by atoms with Gasteiger partial charge in [-0.15, -0.1) is 0 Å². The van der Waals surface area contributed by atoms with Crippen molar-refractivity contribution in [1.29, 1.82) is 0 Å². The Morgan fingerprint density at radius 1 is 1.05 bits per heavy atom. The molecule has 112 valence electrons. The number of imide groups is 2. The number of ether oxygens (including phenoxy) is 1. The number of rotatable bonds is 5. The van der Waals surface area contributed by atoms with Crippen LogP contribution in [0.25, 0.3) is 0 Å². The topological polar surface area (TPSA) is 84.5 Å². The van der Waals surface area contributed by atoms with Crippen molar-refractivity contribution in [1.82, 2.24) is 10.6 Å². The van der Waals surface area contributed by atoms with Gasteiger partial charge in [0.25, 0.3) is 0 Å². The third kappa shape index (κ3) is 3.21. The number of urea groups is 1. The first-order valence-corrected chi connectivity index (χ1v) is 6.84. The Hall–Kier alpha value is -2.37. The molecule has 2 rings (SSSR count). The summed E-state index contributed by atoms with van der Waals surface area (Å²) in [6, 6.07) is 6.46. The molecular formula is C15H18N2O4. The second kappa shape index (κ2) is 5.95. The Morgan fingerprint density at radius 3 is 2.14 bits per heavy atom. The van der Waals surface area contributed by atoms with E-state index >= 15 is 0 Å². The Bertz CT molecular complexity index is 546. The first-order valence-electron chi connectivity index (χ1n) is 6.84. The lowest BCUT2D eigenvalue weighted by atomic mass is 9.80. The smallest absolute Gasteiger partial charge is 0.328 e. The minimum atomic E-state index is -1.29. The van der Waals surface area contributed by atoms with E-state index in [1.165, 1.54) is 6.92 Å². The van der Waals surface area contributed by atoms with Crippen LogP contribution < -0.4 is 15.4 Å². The minimum Gasteiger partial charge on any atom is -0.494 e. The van der Waals surface area contributed by atoms with Crippen molar-refractivity contribution in [2.24, 2.45) is 5.41 Å². The predicted molar refractivity (Wildman–Crippen MR) is 75.7 cm³/mol. The minimum absolute atomic E-state index is 0.214. The number of hydrogen-bond donors (Lipinski definition) is 2. The third-order valence-corrected chi connectivity index (χ3v) is 3.41. The van der Waals surface area contributed by atoms with Gasteiger partial charge in [-0.2, -0.15) is 0 Å². The zero-order chi connectivity index (χ0) is 15.5. The van der Waals surface area contributed by atoms with E-state index in [9.17, 15) is 14.4 Å². The van der Waals surface area contributed by atoms with Crippen LogP contribution in [0.15, 0.2) is 24.3 Å². The lowest BCUT2D eigenvalue weighted by Crippen LogP contribution is -2.62. The normalized spacial score (nSPS) is 17.1. The van der Waals surface area contributed by atoms with Crippen molar-refractivity contribution in [2.75, 3.05) is 6.61 Å². The molecule has 6 nitrogen and oxygen atoms in total. The molecule has 1 fully saturated rings. The molecule has 1 heterocycles. The number of carbonyl (C=O) groups excluding carboxylic acids is 3. The van der Waals surface area contributed by atoms with Gasteiger partial charge in [-0.3, -0.25) is 20.2 Å². The highest BCUT2D eigenvalue weighted by atomic mass is 16.5. The van der Waals surface area contributed by atoms with Gasteiger partial charge in [0.2, 0.25) is 11.8 Å². The van der Waals surface area contributed by atoms with Crippen molar-refractivity contribution in [3.05, 3.63) is 29.8 Å². The van der Waals surface area contributed by atoms with E-state index < -0.39 is 23.3 Å². The fourth-order valence-corrected chi connectivity index (χ4v) is 2.11. The van der Waals surface area contributed by atoms with Gasteiger partial charge < -0.3 is 4.74 Å². The standard InChI is InChI=1S/C15H18N2O4/c1-3-8-21-11-6-4-10(5-7-11)9-15(2)12(18)16-14(20)17-13(15)19/h4-7H,3,8-9H2,1-2H3,(H2,16,17,18,19,20). The first kappa shape index (κ1) is 15.0. The number of hydrogen-bond acceptors (Lipinski definition) is 4. The van der Waals surface area contributed by atoms with E-state index in [1.54, 1.807) is 12.1 Å². The molecule has 0 aliphatic carbocycles. The molecule has 2 N–H and O–H groups in total. The highest BCUT2D eigenvalue weighted by Crippen LogP contribution is 2.26. The zero-order valence-electron chi connectivity index (χ0n) is 12.1. The average Bonchev–Trinajstić information content (AvgIpc) is 2.44. The molecule has 4 amide bonds. The van der Waals surface area contributed by atoms with E-state index in [4.69, 9.17) is 4.74 Å². The van der Waals surface area contributed by atoms with Gasteiger partial charge in [0.05, 0.1) is 6.61 Å². The van der Waals surface area contributed by atoms with Gasteiger partial charge >= 0.3 is 6.03 Å². The van der Waals surface area contributed by atoms with E-state index in [0.29, 0.717) is 6.61 Å². The molecule has 0 saturated carbocycles. The van der Waals surface area contributed by atoms with Gasteiger partial charge in [-0.25, -0.2) is 4.79 Å². The molecule has 1 saturated heterocycles. The molecule has 6 heteroatoms. The molecule has 1 aliphatic heterocycles. The van der Waals surface area contributed by atoms with E-state index in [2.05, 4.69) is 10.6 Å². The molecule has 0 aromatic heterocycles. The molecular weight excluding hydrogens is 272 g/mol. The number of benzene rings is 1. The van der Waals surface area contributed by atoms with Crippen molar-refractivity contribution in [3.8, 4) is 5.75 Å². The molecule has 0 atom stereocenters. The fourth-order valence-electron chi connectivity index (χ4n) is 2.11. The molecule has 1 aromatic carbocycles. The van der Waals surface area contributed by atoms with Gasteiger partial charge in [-0.1, -0.05) is 19.1 Å². The quantitative estimate of drug-likeness (QED) is 0.803. The Morgan fingerprint density at radius 2 is 1.62 bits per heavy atom. The van der Waals surface area contributed by atoms with Crippen LogP contribution in [0.2, 0.25) is 0 Å².